The van der Waals surface area contributed by atoms with Gasteiger partial charge in [-0.15, -0.1) is 0 Å². The van der Waals surface area contributed by atoms with Crippen LogP contribution in [0.1, 0.15) is 23.0 Å². The van der Waals surface area contributed by atoms with Gasteiger partial charge in [0.25, 0.3) is 15.9 Å². The minimum Gasteiger partial charge on any atom is -0.438 e. The maximum absolute atomic E-state index is 12.3. The average Bonchev–Trinajstić information content (AvgIpc) is 3.21. The first-order chi connectivity index (χ1) is 11.4. The van der Waals surface area contributed by atoms with Crippen LogP contribution in [0.3, 0.4) is 0 Å². The van der Waals surface area contributed by atoms with Gasteiger partial charge in [0.2, 0.25) is 5.09 Å². The number of benzene rings is 1. The van der Waals surface area contributed by atoms with Gasteiger partial charge in [0.1, 0.15) is 0 Å². The largest absolute Gasteiger partial charge is 0.438 e. The van der Waals surface area contributed by atoms with Gasteiger partial charge in [-0.05, 0) is 50.2 Å². The van der Waals surface area contributed by atoms with Gasteiger partial charge in [-0.1, -0.05) is 6.07 Å². The number of carbonyl (C=O) groups is 1. The van der Waals surface area contributed by atoms with Gasteiger partial charge in [-0.2, -0.15) is 0 Å². The Labute approximate surface area is 140 Å². The number of fused-ring (bicyclic) bond motifs is 1. The molecule has 1 aromatic carbocycles. The molecule has 2 aromatic rings. The number of rotatable bonds is 5. The summed E-state index contributed by atoms with van der Waals surface area (Å²) in [6, 6.07) is 8.36. The molecule has 1 aliphatic heterocycles. The Morgan fingerprint density at radius 3 is 2.79 bits per heavy atom. The topological polar surface area (TPSA) is 91.7 Å². The minimum atomic E-state index is -3.71. The van der Waals surface area contributed by atoms with E-state index < -0.39 is 15.9 Å². The van der Waals surface area contributed by atoms with Crippen molar-refractivity contribution in [1.82, 2.24) is 4.72 Å². The second-order valence-corrected chi connectivity index (χ2v) is 7.27. The van der Waals surface area contributed by atoms with Crippen LogP contribution in [0.4, 0.5) is 11.4 Å². The zero-order chi connectivity index (χ0) is 17.3. The van der Waals surface area contributed by atoms with E-state index in [0.717, 1.165) is 25.2 Å². The molecule has 1 amide bonds. The average molecular weight is 349 g/mol. The molecule has 7 nitrogen and oxygen atoms in total. The van der Waals surface area contributed by atoms with Crippen LogP contribution in [0.2, 0.25) is 0 Å². The quantitative estimate of drug-likeness (QED) is 0.859. The van der Waals surface area contributed by atoms with Crippen LogP contribution in [0, 0.1) is 0 Å². The van der Waals surface area contributed by atoms with Crippen molar-refractivity contribution in [1.29, 1.82) is 0 Å². The third kappa shape index (κ3) is 3.02. The van der Waals surface area contributed by atoms with Gasteiger partial charge in [0.05, 0.1) is 0 Å². The SMILES string of the molecule is CCN1CCc2ccc(NC(=O)c3ccc(S(=O)(=O)NC)o3)cc21. The van der Waals surface area contributed by atoms with Crippen molar-refractivity contribution in [3.63, 3.8) is 0 Å². The Hall–Kier alpha value is -2.32. The third-order valence-electron chi connectivity index (χ3n) is 4.06. The van der Waals surface area contributed by atoms with Crippen molar-refractivity contribution >= 4 is 27.3 Å². The van der Waals surface area contributed by atoms with Gasteiger partial charge in [-0.3, -0.25) is 4.79 Å². The van der Waals surface area contributed by atoms with E-state index in [0.29, 0.717) is 5.69 Å². The molecule has 0 bridgehead atoms. The van der Waals surface area contributed by atoms with Crippen LogP contribution in [-0.4, -0.2) is 34.5 Å². The molecule has 3 rings (SSSR count). The molecule has 2 N–H and O–H groups in total. The first-order valence-corrected chi connectivity index (χ1v) is 9.15. The summed E-state index contributed by atoms with van der Waals surface area (Å²) in [4.78, 5) is 14.5. The lowest BCUT2D eigenvalue weighted by molar-refractivity contribution is 0.0991. The van der Waals surface area contributed by atoms with Crippen molar-refractivity contribution in [3.8, 4) is 0 Å². The molecule has 0 saturated carbocycles. The normalized spacial score (nSPS) is 13.8. The predicted octanol–water partition coefficient (Wildman–Crippen LogP) is 1.82. The van der Waals surface area contributed by atoms with Gasteiger partial charge in [0, 0.05) is 24.5 Å². The lowest BCUT2D eigenvalue weighted by atomic mass is 10.1. The Bertz CT molecular complexity index is 873. The van der Waals surface area contributed by atoms with Crippen molar-refractivity contribution in [2.75, 3.05) is 30.4 Å². The highest BCUT2D eigenvalue weighted by molar-refractivity contribution is 7.89. The maximum atomic E-state index is 12.3. The van der Waals surface area contributed by atoms with Gasteiger partial charge in [0.15, 0.2) is 5.76 Å². The molecule has 1 aliphatic rings. The summed E-state index contributed by atoms with van der Waals surface area (Å²) < 4.78 is 30.6. The van der Waals surface area contributed by atoms with Crippen LogP contribution in [0.15, 0.2) is 39.8 Å². The third-order valence-corrected chi connectivity index (χ3v) is 5.34. The van der Waals surface area contributed by atoms with Crippen molar-refractivity contribution in [3.05, 3.63) is 41.7 Å². The number of nitrogens with zero attached hydrogens (tertiary/aromatic N) is 1. The molecule has 24 heavy (non-hydrogen) atoms. The molecule has 0 radical (unpaired) electrons. The van der Waals surface area contributed by atoms with Crippen LogP contribution in [-0.2, 0) is 16.4 Å². The number of hydrogen-bond donors (Lipinski definition) is 2. The highest BCUT2D eigenvalue weighted by atomic mass is 32.2. The molecule has 128 valence electrons. The summed E-state index contributed by atoms with van der Waals surface area (Å²) in [5.41, 5.74) is 3.02. The smallest absolute Gasteiger partial charge is 0.291 e. The molecular weight excluding hydrogens is 330 g/mol. The Kier molecular flexibility index (Phi) is 4.33. The molecular formula is C16H19N3O4S. The first kappa shape index (κ1) is 16.5. The Morgan fingerprint density at radius 1 is 1.29 bits per heavy atom. The van der Waals surface area contributed by atoms with Crippen molar-refractivity contribution < 1.29 is 17.6 Å². The fourth-order valence-corrected chi connectivity index (χ4v) is 3.38. The number of hydrogen-bond acceptors (Lipinski definition) is 5. The van der Waals surface area contributed by atoms with Crippen molar-refractivity contribution in [2.45, 2.75) is 18.4 Å². The molecule has 0 aliphatic carbocycles. The monoisotopic (exact) mass is 349 g/mol. The number of likely N-dealkylation sites (N-methyl/N-ethyl adjacent to an activating group) is 1. The summed E-state index contributed by atoms with van der Waals surface area (Å²) in [5, 5.41) is 2.45. The molecule has 0 spiro atoms. The van der Waals surface area contributed by atoms with E-state index in [-0.39, 0.29) is 10.9 Å². The number of nitrogens with one attached hydrogen (secondary N) is 2. The lowest BCUT2D eigenvalue weighted by Crippen LogP contribution is -2.19. The predicted molar refractivity (Wildman–Crippen MR) is 90.9 cm³/mol. The van der Waals surface area contributed by atoms with E-state index in [1.165, 1.54) is 24.7 Å². The van der Waals surface area contributed by atoms with E-state index >= 15 is 0 Å². The minimum absolute atomic E-state index is 0.0586. The lowest BCUT2D eigenvalue weighted by Gasteiger charge is -2.17. The highest BCUT2D eigenvalue weighted by Crippen LogP contribution is 2.30. The molecule has 0 atom stereocenters. The summed E-state index contributed by atoms with van der Waals surface area (Å²) in [7, 11) is -2.43. The molecule has 8 heteroatoms. The summed E-state index contributed by atoms with van der Waals surface area (Å²) in [6.45, 7) is 3.98. The van der Waals surface area contributed by atoms with E-state index in [1.54, 1.807) is 0 Å². The molecule has 0 fully saturated rings. The molecule has 1 aromatic heterocycles. The fraction of sp³-hybridized carbons (Fsp3) is 0.312. The van der Waals surface area contributed by atoms with Crippen LogP contribution < -0.4 is 14.9 Å². The second-order valence-electron chi connectivity index (χ2n) is 5.45. The zero-order valence-corrected chi connectivity index (χ0v) is 14.3. The zero-order valence-electron chi connectivity index (χ0n) is 13.5. The number of furan rings is 1. The molecule has 2 heterocycles. The van der Waals surface area contributed by atoms with E-state index in [4.69, 9.17) is 4.42 Å². The second kappa shape index (κ2) is 6.29. The number of anilines is 2. The van der Waals surface area contributed by atoms with E-state index in [2.05, 4.69) is 21.9 Å². The molecule has 0 unspecified atom stereocenters. The van der Waals surface area contributed by atoms with Gasteiger partial charge in [-0.25, -0.2) is 13.1 Å². The Balaban J connectivity index is 1.79. The van der Waals surface area contributed by atoms with Crippen molar-refractivity contribution in [2.24, 2.45) is 0 Å². The van der Waals surface area contributed by atoms with Gasteiger partial charge >= 0.3 is 0 Å². The Morgan fingerprint density at radius 2 is 2.08 bits per heavy atom. The van der Waals surface area contributed by atoms with Crippen LogP contribution in [0.25, 0.3) is 0 Å². The molecule has 0 saturated heterocycles. The van der Waals surface area contributed by atoms with Crippen LogP contribution >= 0.6 is 0 Å². The summed E-state index contributed by atoms with van der Waals surface area (Å²) in [6.07, 6.45) is 1.00. The summed E-state index contributed by atoms with van der Waals surface area (Å²) in [5.74, 6) is -0.551. The van der Waals surface area contributed by atoms with E-state index in [1.807, 2.05) is 18.2 Å². The fourth-order valence-electron chi connectivity index (χ4n) is 2.73. The number of sulfonamides is 1. The van der Waals surface area contributed by atoms with Gasteiger partial charge < -0.3 is 14.6 Å². The maximum Gasteiger partial charge on any atom is 0.291 e. The number of amides is 1. The summed E-state index contributed by atoms with van der Waals surface area (Å²) >= 11 is 0. The number of carbonyl (C=O) groups excluding carboxylic acids is 1. The van der Waals surface area contributed by atoms with E-state index in [9.17, 15) is 13.2 Å². The van der Waals surface area contributed by atoms with Crippen LogP contribution in [0.5, 0.6) is 0 Å². The first-order valence-electron chi connectivity index (χ1n) is 7.67. The highest BCUT2D eigenvalue weighted by Gasteiger charge is 2.21. The standard InChI is InChI=1S/C16H19N3O4S/c1-3-19-9-8-11-4-5-12(10-13(11)19)18-16(20)14-6-7-15(23-14)24(21,22)17-2/h4-7,10,17H,3,8-9H2,1-2H3,(H,18,20).